The van der Waals surface area contributed by atoms with E-state index in [2.05, 4.69) is 15.1 Å². The molecule has 94 valence electrons. The Morgan fingerprint density at radius 2 is 1.89 bits per heavy atom. The first-order valence-corrected chi connectivity index (χ1v) is 5.90. The van der Waals surface area contributed by atoms with E-state index < -0.39 is 0 Å². The van der Waals surface area contributed by atoms with Gasteiger partial charge >= 0.3 is 0 Å². The number of nitrogens with two attached hydrogens (primary N) is 1. The number of anilines is 1. The van der Waals surface area contributed by atoms with Gasteiger partial charge in [-0.3, -0.25) is 4.98 Å². The average molecular weight is 252 g/mol. The number of nitrogen functional groups attached to an aromatic ring is 1. The molecule has 0 saturated carbocycles. The van der Waals surface area contributed by atoms with Gasteiger partial charge in [-0.05, 0) is 36.4 Å². The van der Waals surface area contributed by atoms with Crippen molar-refractivity contribution in [2.75, 3.05) is 5.73 Å². The van der Waals surface area contributed by atoms with Crippen LogP contribution < -0.4 is 5.73 Å². The zero-order valence-electron chi connectivity index (χ0n) is 10.2. The number of hydrogen-bond acceptors (Lipinski definition) is 5. The van der Waals surface area contributed by atoms with E-state index in [-0.39, 0.29) is 0 Å². The highest BCUT2D eigenvalue weighted by atomic mass is 16.5. The molecule has 1 aromatic carbocycles. The topological polar surface area (TPSA) is 77.8 Å². The van der Waals surface area contributed by atoms with Gasteiger partial charge in [0.25, 0.3) is 5.89 Å². The third kappa shape index (κ3) is 2.60. The normalized spacial score (nSPS) is 10.5. The summed E-state index contributed by atoms with van der Waals surface area (Å²) in [6, 6.07) is 13.1. The van der Waals surface area contributed by atoms with Crippen molar-refractivity contribution in [1.29, 1.82) is 0 Å². The van der Waals surface area contributed by atoms with Gasteiger partial charge in [0.1, 0.15) is 0 Å². The van der Waals surface area contributed by atoms with Gasteiger partial charge in [0.05, 0.1) is 6.42 Å². The molecule has 5 heteroatoms. The Bertz CT molecular complexity index is 661. The maximum absolute atomic E-state index is 5.64. The predicted molar refractivity (Wildman–Crippen MR) is 71.2 cm³/mol. The minimum atomic E-state index is 0.492. The molecule has 19 heavy (non-hydrogen) atoms. The van der Waals surface area contributed by atoms with E-state index in [4.69, 9.17) is 10.3 Å². The maximum Gasteiger partial charge on any atom is 0.257 e. The number of nitrogens with zero attached hydrogens (tertiary/aromatic N) is 3. The van der Waals surface area contributed by atoms with Gasteiger partial charge < -0.3 is 10.3 Å². The Kier molecular flexibility index (Phi) is 2.94. The summed E-state index contributed by atoms with van der Waals surface area (Å²) in [6.07, 6.45) is 2.30. The molecule has 2 heterocycles. The van der Waals surface area contributed by atoms with E-state index >= 15 is 0 Å². The fourth-order valence-corrected chi connectivity index (χ4v) is 1.73. The van der Waals surface area contributed by atoms with Gasteiger partial charge in [-0.25, -0.2) is 0 Å². The molecule has 0 bridgehead atoms. The molecular weight excluding hydrogens is 240 g/mol. The van der Waals surface area contributed by atoms with Crippen LogP contribution in [0.4, 0.5) is 5.69 Å². The molecular formula is C14H12N4O. The monoisotopic (exact) mass is 252 g/mol. The third-order valence-corrected chi connectivity index (χ3v) is 2.69. The molecule has 0 aliphatic carbocycles. The van der Waals surface area contributed by atoms with Crippen molar-refractivity contribution in [2.45, 2.75) is 6.42 Å². The van der Waals surface area contributed by atoms with Crippen LogP contribution in [0.15, 0.2) is 53.2 Å². The lowest BCUT2D eigenvalue weighted by Gasteiger charge is -1.95. The van der Waals surface area contributed by atoms with Crippen molar-refractivity contribution >= 4 is 5.69 Å². The second kappa shape index (κ2) is 4.89. The number of pyridine rings is 1. The van der Waals surface area contributed by atoms with Crippen LogP contribution in [0.2, 0.25) is 0 Å². The molecule has 0 saturated heterocycles. The fourth-order valence-electron chi connectivity index (χ4n) is 1.73. The van der Waals surface area contributed by atoms with Crippen LogP contribution in [0.3, 0.4) is 0 Å². The second-order valence-electron chi connectivity index (χ2n) is 4.14. The predicted octanol–water partition coefficient (Wildman–Crippen LogP) is 2.30. The van der Waals surface area contributed by atoms with Crippen molar-refractivity contribution in [3.63, 3.8) is 0 Å². The van der Waals surface area contributed by atoms with Gasteiger partial charge in [0.2, 0.25) is 0 Å². The summed E-state index contributed by atoms with van der Waals surface area (Å²) in [5.74, 6) is 1.11. The first kappa shape index (κ1) is 11.4. The first-order valence-electron chi connectivity index (χ1n) is 5.90. The molecule has 2 N–H and O–H groups in total. The summed E-state index contributed by atoms with van der Waals surface area (Å²) >= 11 is 0. The Balaban J connectivity index is 1.82. The van der Waals surface area contributed by atoms with Crippen LogP contribution in [0.5, 0.6) is 0 Å². The number of hydrogen-bond donors (Lipinski definition) is 1. The van der Waals surface area contributed by atoms with Gasteiger partial charge in [-0.1, -0.05) is 11.2 Å². The molecule has 0 aliphatic rings. The summed E-state index contributed by atoms with van der Waals surface area (Å²) in [5.41, 5.74) is 8.11. The summed E-state index contributed by atoms with van der Waals surface area (Å²) in [5, 5.41) is 3.95. The van der Waals surface area contributed by atoms with Crippen LogP contribution in [0.25, 0.3) is 11.5 Å². The van der Waals surface area contributed by atoms with E-state index in [1.165, 1.54) is 0 Å². The minimum absolute atomic E-state index is 0.492. The number of benzene rings is 1. The van der Waals surface area contributed by atoms with Gasteiger partial charge in [-0.2, -0.15) is 4.98 Å². The zero-order chi connectivity index (χ0) is 13.1. The van der Waals surface area contributed by atoms with E-state index in [0.29, 0.717) is 23.8 Å². The summed E-state index contributed by atoms with van der Waals surface area (Å²) in [6.45, 7) is 0. The molecule has 0 radical (unpaired) electrons. The lowest BCUT2D eigenvalue weighted by atomic mass is 10.2. The molecule has 0 amide bonds. The molecule has 0 unspecified atom stereocenters. The maximum atomic E-state index is 5.64. The summed E-state index contributed by atoms with van der Waals surface area (Å²) in [7, 11) is 0. The Labute approximate surface area is 110 Å². The lowest BCUT2D eigenvalue weighted by Crippen LogP contribution is -1.93. The molecule has 0 fully saturated rings. The average Bonchev–Trinajstić information content (AvgIpc) is 2.89. The molecule has 2 aromatic heterocycles. The standard InChI is InChI=1S/C14H12N4O/c15-11-6-4-10(5-7-11)14-17-13(18-19-14)9-12-3-1-2-8-16-12/h1-8H,9,15H2. The molecule has 5 nitrogen and oxygen atoms in total. The SMILES string of the molecule is Nc1ccc(-c2nc(Cc3ccccn3)no2)cc1. The zero-order valence-corrected chi connectivity index (χ0v) is 10.2. The molecule has 3 aromatic rings. The molecule has 3 rings (SSSR count). The quantitative estimate of drug-likeness (QED) is 0.724. The van der Waals surface area contributed by atoms with Crippen LogP contribution in [-0.4, -0.2) is 15.1 Å². The highest BCUT2D eigenvalue weighted by Gasteiger charge is 2.09. The highest BCUT2D eigenvalue weighted by molar-refractivity contribution is 5.56. The van der Waals surface area contributed by atoms with Gasteiger partial charge in [0, 0.05) is 23.1 Å². The van der Waals surface area contributed by atoms with Crippen LogP contribution in [0, 0.1) is 0 Å². The van der Waals surface area contributed by atoms with Crippen LogP contribution in [-0.2, 0) is 6.42 Å². The number of aromatic nitrogens is 3. The van der Waals surface area contributed by atoms with Crippen molar-refractivity contribution < 1.29 is 4.52 Å². The van der Waals surface area contributed by atoms with E-state index in [1.54, 1.807) is 18.3 Å². The van der Waals surface area contributed by atoms with Crippen molar-refractivity contribution in [1.82, 2.24) is 15.1 Å². The highest BCUT2D eigenvalue weighted by Crippen LogP contribution is 2.19. The van der Waals surface area contributed by atoms with Gasteiger partial charge in [0.15, 0.2) is 5.82 Å². The Morgan fingerprint density at radius 1 is 1.05 bits per heavy atom. The second-order valence-corrected chi connectivity index (χ2v) is 4.14. The van der Waals surface area contributed by atoms with Crippen molar-refractivity contribution in [2.24, 2.45) is 0 Å². The number of rotatable bonds is 3. The smallest absolute Gasteiger partial charge is 0.257 e. The fraction of sp³-hybridized carbons (Fsp3) is 0.0714. The van der Waals surface area contributed by atoms with E-state index in [1.807, 2.05) is 30.3 Å². The van der Waals surface area contributed by atoms with E-state index in [0.717, 1.165) is 11.3 Å². The largest absolute Gasteiger partial charge is 0.399 e. The van der Waals surface area contributed by atoms with Crippen LogP contribution >= 0.6 is 0 Å². The Hall–Kier alpha value is -2.69. The Morgan fingerprint density at radius 3 is 2.63 bits per heavy atom. The lowest BCUT2D eigenvalue weighted by molar-refractivity contribution is 0.423. The van der Waals surface area contributed by atoms with Crippen molar-refractivity contribution in [3.8, 4) is 11.5 Å². The van der Waals surface area contributed by atoms with E-state index in [9.17, 15) is 0 Å². The van der Waals surface area contributed by atoms with Gasteiger partial charge in [-0.15, -0.1) is 0 Å². The van der Waals surface area contributed by atoms with Crippen LogP contribution in [0.1, 0.15) is 11.5 Å². The molecule has 0 spiro atoms. The first-order chi connectivity index (χ1) is 9.31. The third-order valence-electron chi connectivity index (χ3n) is 2.69. The minimum Gasteiger partial charge on any atom is -0.399 e. The summed E-state index contributed by atoms with van der Waals surface area (Å²) in [4.78, 5) is 8.58. The molecule has 0 aliphatic heterocycles. The summed E-state index contributed by atoms with van der Waals surface area (Å²) < 4.78 is 5.23. The molecule has 0 atom stereocenters. The van der Waals surface area contributed by atoms with Crippen molar-refractivity contribution in [3.05, 3.63) is 60.2 Å².